The quantitative estimate of drug-likeness (QED) is 0.455. The van der Waals surface area contributed by atoms with Crippen molar-refractivity contribution in [1.82, 2.24) is 20.3 Å². The van der Waals surface area contributed by atoms with Crippen LogP contribution in [-0.4, -0.2) is 67.1 Å². The number of rotatable bonds is 10. The van der Waals surface area contributed by atoms with Crippen LogP contribution in [0.25, 0.3) is 11.4 Å². The maximum absolute atomic E-state index is 9.69. The van der Waals surface area contributed by atoms with E-state index >= 15 is 0 Å². The summed E-state index contributed by atoms with van der Waals surface area (Å²) in [6.07, 6.45) is 9.48. The molecule has 0 radical (unpaired) electrons. The Labute approximate surface area is 201 Å². The summed E-state index contributed by atoms with van der Waals surface area (Å²) in [6, 6.07) is 9.21. The van der Waals surface area contributed by atoms with Crippen LogP contribution in [0.3, 0.4) is 0 Å². The van der Waals surface area contributed by atoms with Crippen molar-refractivity contribution in [2.24, 2.45) is 5.41 Å². The molecule has 0 atom stereocenters. The number of nitrogens with one attached hydrogen (secondary N) is 3. The molecule has 9 nitrogen and oxygen atoms in total. The zero-order chi connectivity index (χ0) is 23.6. The molecule has 3 N–H and O–H groups in total. The molecular weight excluding hydrogens is 430 g/mol. The number of nitriles is 1. The van der Waals surface area contributed by atoms with Crippen molar-refractivity contribution in [3.63, 3.8) is 0 Å². The molecule has 3 heterocycles. The van der Waals surface area contributed by atoms with Crippen LogP contribution in [0.15, 0.2) is 30.6 Å². The number of pyridine rings is 1. The van der Waals surface area contributed by atoms with Gasteiger partial charge in [0.05, 0.1) is 29.5 Å². The summed E-state index contributed by atoms with van der Waals surface area (Å²) in [4.78, 5) is 13.7. The van der Waals surface area contributed by atoms with Gasteiger partial charge < -0.3 is 25.4 Å². The number of ether oxygens (including phenoxy) is 2. The van der Waals surface area contributed by atoms with Gasteiger partial charge in [-0.15, -0.1) is 0 Å². The fourth-order valence-corrected chi connectivity index (χ4v) is 4.60. The second-order valence-electron chi connectivity index (χ2n) is 9.19. The zero-order valence-electron chi connectivity index (χ0n) is 19.9. The highest BCUT2D eigenvalue weighted by atomic mass is 16.5. The Morgan fingerprint density at radius 3 is 2.62 bits per heavy atom. The summed E-state index contributed by atoms with van der Waals surface area (Å²) in [7, 11) is 1.73. The predicted octanol–water partition coefficient (Wildman–Crippen LogP) is 3.23. The van der Waals surface area contributed by atoms with Gasteiger partial charge >= 0.3 is 0 Å². The van der Waals surface area contributed by atoms with Crippen LogP contribution in [0.5, 0.6) is 0 Å². The first kappa shape index (κ1) is 24.3. The summed E-state index contributed by atoms with van der Waals surface area (Å²) in [6.45, 7) is 3.52. The number of hydrogen-bond acceptors (Lipinski definition) is 9. The molecule has 4 rings (SSSR count). The lowest BCUT2D eigenvalue weighted by Gasteiger charge is -2.31. The van der Waals surface area contributed by atoms with Crippen LogP contribution < -0.4 is 16.0 Å². The minimum absolute atomic E-state index is 0.373. The number of aromatic nitrogens is 3. The molecular formula is C25H35N7O2. The van der Waals surface area contributed by atoms with Crippen LogP contribution in [0.4, 0.5) is 11.6 Å². The molecule has 34 heavy (non-hydrogen) atoms. The van der Waals surface area contributed by atoms with Gasteiger partial charge in [-0.3, -0.25) is 4.98 Å². The Hall–Kier alpha value is -2.80. The van der Waals surface area contributed by atoms with Gasteiger partial charge in [-0.25, -0.2) is 9.97 Å². The number of anilines is 2. The highest BCUT2D eigenvalue weighted by Gasteiger charge is 2.32. The van der Waals surface area contributed by atoms with Gasteiger partial charge in [-0.05, 0) is 56.7 Å². The molecule has 0 amide bonds. The first-order valence-electron chi connectivity index (χ1n) is 12.2. The SMILES string of the molecule is COCCNC1CCC(Nc2nccc(-c3cc(NCC4(C#N)CCOCC4)ccn3)n2)CC1. The second kappa shape index (κ2) is 12.1. The van der Waals surface area contributed by atoms with E-state index in [0.29, 0.717) is 37.8 Å². The molecule has 0 spiro atoms. The first-order chi connectivity index (χ1) is 16.7. The number of nitrogens with zero attached hydrogens (tertiary/aromatic N) is 4. The van der Waals surface area contributed by atoms with E-state index in [1.165, 1.54) is 0 Å². The van der Waals surface area contributed by atoms with Crippen molar-refractivity contribution < 1.29 is 9.47 Å². The maximum Gasteiger partial charge on any atom is 0.223 e. The van der Waals surface area contributed by atoms with E-state index in [4.69, 9.17) is 14.5 Å². The normalized spacial score (nSPS) is 22.0. The molecule has 1 aliphatic carbocycles. The molecule has 1 aliphatic heterocycles. The van der Waals surface area contributed by atoms with E-state index in [2.05, 4.69) is 32.0 Å². The Balaban J connectivity index is 1.33. The summed E-state index contributed by atoms with van der Waals surface area (Å²) >= 11 is 0. The van der Waals surface area contributed by atoms with E-state index < -0.39 is 0 Å². The average molecular weight is 466 g/mol. The standard InChI is InChI=1S/C25H35N7O2/c1-33-15-12-27-19-2-4-20(5-3-19)31-24-29-11-7-22(32-24)23-16-21(6-10-28-23)30-18-25(17-26)8-13-34-14-9-25/h6-7,10-11,16,19-20,27H,2-5,8-9,12-15,18H2,1H3,(H,28,30)(H,29,31,32). The van der Waals surface area contributed by atoms with Gasteiger partial charge in [0.25, 0.3) is 0 Å². The lowest BCUT2D eigenvalue weighted by molar-refractivity contribution is 0.0456. The van der Waals surface area contributed by atoms with E-state index in [1.807, 2.05) is 18.2 Å². The zero-order valence-corrected chi connectivity index (χ0v) is 19.9. The van der Waals surface area contributed by atoms with Gasteiger partial charge in [-0.2, -0.15) is 5.26 Å². The molecule has 0 bridgehead atoms. The predicted molar refractivity (Wildman–Crippen MR) is 131 cm³/mol. The van der Waals surface area contributed by atoms with Crippen LogP contribution in [0.1, 0.15) is 38.5 Å². The van der Waals surface area contributed by atoms with Gasteiger partial charge in [0, 0.05) is 63.6 Å². The van der Waals surface area contributed by atoms with Crippen molar-refractivity contribution in [1.29, 1.82) is 5.26 Å². The highest BCUT2D eigenvalue weighted by molar-refractivity contribution is 5.61. The van der Waals surface area contributed by atoms with Gasteiger partial charge in [0.2, 0.25) is 5.95 Å². The third-order valence-corrected chi connectivity index (χ3v) is 6.80. The molecule has 182 valence electrons. The Morgan fingerprint density at radius 1 is 1.09 bits per heavy atom. The fourth-order valence-electron chi connectivity index (χ4n) is 4.60. The van der Waals surface area contributed by atoms with E-state index in [1.54, 1.807) is 19.5 Å². The van der Waals surface area contributed by atoms with Crippen molar-refractivity contribution >= 4 is 11.6 Å². The largest absolute Gasteiger partial charge is 0.383 e. The number of hydrogen-bond donors (Lipinski definition) is 3. The molecule has 0 unspecified atom stereocenters. The van der Waals surface area contributed by atoms with Crippen LogP contribution in [0.2, 0.25) is 0 Å². The monoisotopic (exact) mass is 465 g/mol. The van der Waals surface area contributed by atoms with Crippen molar-refractivity contribution in [2.45, 2.75) is 50.6 Å². The summed E-state index contributed by atoms with van der Waals surface area (Å²) in [5, 5.41) is 20.2. The molecule has 9 heteroatoms. The Bertz CT molecular complexity index is 950. The molecule has 2 fully saturated rings. The molecule has 2 aromatic heterocycles. The van der Waals surface area contributed by atoms with E-state index in [-0.39, 0.29) is 5.41 Å². The molecule has 1 saturated heterocycles. The van der Waals surface area contributed by atoms with Gasteiger partial charge in [0.15, 0.2) is 0 Å². The van der Waals surface area contributed by atoms with Gasteiger partial charge in [-0.1, -0.05) is 0 Å². The molecule has 2 aliphatic rings. The first-order valence-corrected chi connectivity index (χ1v) is 12.2. The lowest BCUT2D eigenvalue weighted by atomic mass is 9.81. The topological polar surface area (TPSA) is 117 Å². The van der Waals surface area contributed by atoms with Crippen LogP contribution in [-0.2, 0) is 9.47 Å². The average Bonchev–Trinajstić information content (AvgIpc) is 2.90. The van der Waals surface area contributed by atoms with Crippen molar-refractivity contribution in [3.05, 3.63) is 30.6 Å². The fraction of sp³-hybridized carbons (Fsp3) is 0.600. The second-order valence-corrected chi connectivity index (χ2v) is 9.19. The smallest absolute Gasteiger partial charge is 0.223 e. The maximum atomic E-state index is 9.69. The van der Waals surface area contributed by atoms with Crippen LogP contribution >= 0.6 is 0 Å². The van der Waals surface area contributed by atoms with Crippen LogP contribution in [0, 0.1) is 16.7 Å². The highest BCUT2D eigenvalue weighted by Crippen LogP contribution is 2.30. The Morgan fingerprint density at radius 2 is 1.85 bits per heavy atom. The summed E-state index contributed by atoms with van der Waals surface area (Å²) in [5.41, 5.74) is 2.10. The number of methoxy groups -OCH3 is 1. The van der Waals surface area contributed by atoms with Gasteiger partial charge in [0.1, 0.15) is 0 Å². The summed E-state index contributed by atoms with van der Waals surface area (Å²) in [5.74, 6) is 0.638. The Kier molecular flexibility index (Phi) is 8.63. The molecule has 1 saturated carbocycles. The third kappa shape index (κ3) is 6.63. The minimum atomic E-state index is -0.383. The lowest BCUT2D eigenvalue weighted by Crippen LogP contribution is -2.38. The van der Waals surface area contributed by atoms with E-state index in [0.717, 1.165) is 68.8 Å². The summed E-state index contributed by atoms with van der Waals surface area (Å²) < 4.78 is 10.6. The van der Waals surface area contributed by atoms with Crippen molar-refractivity contribution in [3.8, 4) is 17.5 Å². The van der Waals surface area contributed by atoms with E-state index in [9.17, 15) is 5.26 Å². The third-order valence-electron chi connectivity index (χ3n) is 6.80. The molecule has 2 aromatic rings. The molecule has 0 aromatic carbocycles. The minimum Gasteiger partial charge on any atom is -0.383 e. The van der Waals surface area contributed by atoms with Crippen molar-refractivity contribution in [2.75, 3.05) is 50.7 Å².